The Balaban J connectivity index is 2.65. The van der Waals surface area contributed by atoms with Crippen LogP contribution < -0.4 is 0 Å². The minimum Gasteiger partial charge on any atom is -0.479 e. The number of hydrogen-bond acceptors (Lipinski definition) is 2. The van der Waals surface area contributed by atoms with Crippen LogP contribution in [0.1, 0.15) is 11.7 Å². The minimum absolute atomic E-state index is 0.146. The first-order valence-electron chi connectivity index (χ1n) is 4.40. The van der Waals surface area contributed by atoms with E-state index >= 15 is 0 Å². The van der Waals surface area contributed by atoms with Gasteiger partial charge in [-0.2, -0.15) is 0 Å². The van der Waals surface area contributed by atoms with E-state index in [2.05, 4.69) is 4.98 Å². The fourth-order valence-electron chi connectivity index (χ4n) is 1.48. The number of carbonyl (C=O) groups is 1. The van der Waals surface area contributed by atoms with E-state index in [1.165, 1.54) is 6.07 Å². The molecule has 1 N–H and O–H groups in total. The van der Waals surface area contributed by atoms with Crippen LogP contribution >= 0.6 is 0 Å². The summed E-state index contributed by atoms with van der Waals surface area (Å²) in [7, 11) is 0. The van der Waals surface area contributed by atoms with E-state index in [1.807, 2.05) is 0 Å². The number of rotatable bonds is 2. The van der Waals surface area contributed by atoms with Crippen LogP contribution in [0, 0.1) is 0 Å². The summed E-state index contributed by atoms with van der Waals surface area (Å²) in [4.78, 5) is 14.6. The van der Waals surface area contributed by atoms with E-state index in [1.54, 1.807) is 30.5 Å². The molecular weight excluding hydrogens is 197 g/mol. The maximum absolute atomic E-state index is 13.4. The van der Waals surface area contributed by atoms with Crippen molar-refractivity contribution < 1.29 is 14.3 Å². The second-order valence-corrected chi connectivity index (χ2v) is 3.12. The zero-order chi connectivity index (χ0) is 10.8. The van der Waals surface area contributed by atoms with Crippen molar-refractivity contribution in [1.82, 2.24) is 4.98 Å². The minimum atomic E-state index is -2.00. The molecule has 0 saturated heterocycles. The van der Waals surface area contributed by atoms with E-state index in [4.69, 9.17) is 5.11 Å². The molecule has 2 aromatic rings. The largest absolute Gasteiger partial charge is 0.479 e. The van der Waals surface area contributed by atoms with Crippen LogP contribution in [-0.4, -0.2) is 16.1 Å². The highest BCUT2D eigenvalue weighted by molar-refractivity contribution is 5.87. The van der Waals surface area contributed by atoms with Gasteiger partial charge in [0.1, 0.15) is 0 Å². The van der Waals surface area contributed by atoms with Crippen molar-refractivity contribution in [1.29, 1.82) is 0 Å². The van der Waals surface area contributed by atoms with Crippen molar-refractivity contribution in [3.8, 4) is 0 Å². The van der Waals surface area contributed by atoms with Gasteiger partial charge in [-0.25, -0.2) is 9.18 Å². The summed E-state index contributed by atoms with van der Waals surface area (Å²) >= 11 is 0. The Kier molecular flexibility index (Phi) is 2.33. The number of fused-ring (bicyclic) bond motifs is 1. The molecule has 1 heterocycles. The molecule has 0 spiro atoms. The Labute approximate surface area is 85.2 Å². The topological polar surface area (TPSA) is 50.2 Å². The summed E-state index contributed by atoms with van der Waals surface area (Å²) < 4.78 is 13.4. The van der Waals surface area contributed by atoms with Crippen molar-refractivity contribution >= 4 is 16.9 Å². The molecule has 2 rings (SSSR count). The van der Waals surface area contributed by atoms with Gasteiger partial charge in [0.15, 0.2) is 0 Å². The number of alkyl halides is 1. The average Bonchev–Trinajstić information content (AvgIpc) is 2.27. The fraction of sp³-hybridized carbons (Fsp3) is 0.0909. The molecule has 1 atom stereocenters. The number of carboxylic acid groups (broad SMARTS) is 1. The lowest BCUT2D eigenvalue weighted by molar-refractivity contribution is -0.142. The van der Waals surface area contributed by atoms with E-state index in [0.717, 1.165) is 0 Å². The summed E-state index contributed by atoms with van der Waals surface area (Å²) in [6.07, 6.45) is -0.418. The first kappa shape index (κ1) is 9.58. The van der Waals surface area contributed by atoms with Crippen LogP contribution in [0.2, 0.25) is 0 Å². The molecule has 0 saturated carbocycles. The molecule has 1 aromatic carbocycles. The van der Waals surface area contributed by atoms with Crippen molar-refractivity contribution in [2.24, 2.45) is 0 Å². The molecule has 0 aliphatic rings. The number of carboxylic acids is 1. The average molecular weight is 205 g/mol. The molecule has 0 bridgehead atoms. The standard InChI is InChI=1S/C11H8FNO2/c12-10(11(14)15)8-3-1-5-9-7(8)4-2-6-13-9/h1-6,10H,(H,14,15). The van der Waals surface area contributed by atoms with Crippen molar-refractivity contribution in [3.63, 3.8) is 0 Å². The zero-order valence-corrected chi connectivity index (χ0v) is 7.72. The summed E-state index contributed by atoms with van der Waals surface area (Å²) in [6.45, 7) is 0. The number of benzene rings is 1. The van der Waals surface area contributed by atoms with Crippen LogP contribution in [0.15, 0.2) is 36.5 Å². The zero-order valence-electron chi connectivity index (χ0n) is 7.72. The second kappa shape index (κ2) is 3.65. The normalized spacial score (nSPS) is 12.6. The number of nitrogens with zero attached hydrogens (tertiary/aromatic N) is 1. The Bertz CT molecular complexity index is 507. The number of aliphatic carboxylic acids is 1. The number of halogens is 1. The summed E-state index contributed by atoms with van der Waals surface area (Å²) in [5.74, 6) is -1.48. The molecule has 0 fully saturated rings. The van der Waals surface area contributed by atoms with Gasteiger partial charge in [-0.05, 0) is 12.1 Å². The quantitative estimate of drug-likeness (QED) is 0.818. The van der Waals surface area contributed by atoms with Gasteiger partial charge in [-0.1, -0.05) is 18.2 Å². The SMILES string of the molecule is O=C(O)C(F)c1cccc2ncccc12. The third-order valence-corrected chi connectivity index (χ3v) is 2.17. The van der Waals surface area contributed by atoms with Gasteiger partial charge in [-0.15, -0.1) is 0 Å². The van der Waals surface area contributed by atoms with E-state index in [0.29, 0.717) is 10.9 Å². The van der Waals surface area contributed by atoms with Crippen LogP contribution in [0.3, 0.4) is 0 Å². The van der Waals surface area contributed by atoms with Gasteiger partial charge >= 0.3 is 5.97 Å². The van der Waals surface area contributed by atoms with Gasteiger partial charge in [0, 0.05) is 17.1 Å². The predicted octanol–water partition coefficient (Wildman–Crippen LogP) is 2.33. The summed E-state index contributed by atoms with van der Waals surface area (Å²) in [5, 5.41) is 9.14. The lowest BCUT2D eigenvalue weighted by Gasteiger charge is -2.06. The van der Waals surface area contributed by atoms with E-state index in [9.17, 15) is 9.18 Å². The molecule has 15 heavy (non-hydrogen) atoms. The Morgan fingerprint density at radius 2 is 2.13 bits per heavy atom. The third kappa shape index (κ3) is 1.66. The maximum Gasteiger partial charge on any atom is 0.343 e. The molecule has 0 aliphatic carbocycles. The summed E-state index contributed by atoms with van der Waals surface area (Å²) in [6, 6.07) is 8.09. The van der Waals surface area contributed by atoms with Crippen LogP contribution in [0.5, 0.6) is 0 Å². The van der Waals surface area contributed by atoms with Crippen molar-refractivity contribution in [2.75, 3.05) is 0 Å². The van der Waals surface area contributed by atoms with Gasteiger partial charge in [0.05, 0.1) is 5.52 Å². The van der Waals surface area contributed by atoms with Gasteiger partial charge in [0.25, 0.3) is 0 Å². The molecule has 1 aromatic heterocycles. The number of pyridine rings is 1. The van der Waals surface area contributed by atoms with Gasteiger partial charge in [-0.3, -0.25) is 4.98 Å². The number of aromatic nitrogens is 1. The van der Waals surface area contributed by atoms with Crippen LogP contribution in [-0.2, 0) is 4.79 Å². The molecular formula is C11H8FNO2. The van der Waals surface area contributed by atoms with Crippen LogP contribution in [0.4, 0.5) is 4.39 Å². The van der Waals surface area contributed by atoms with Crippen molar-refractivity contribution in [2.45, 2.75) is 6.17 Å². The first-order valence-corrected chi connectivity index (χ1v) is 4.40. The number of hydrogen-bond donors (Lipinski definition) is 1. The molecule has 0 radical (unpaired) electrons. The fourth-order valence-corrected chi connectivity index (χ4v) is 1.48. The van der Waals surface area contributed by atoms with Crippen molar-refractivity contribution in [3.05, 3.63) is 42.1 Å². The molecule has 3 nitrogen and oxygen atoms in total. The maximum atomic E-state index is 13.4. The second-order valence-electron chi connectivity index (χ2n) is 3.12. The molecule has 1 unspecified atom stereocenters. The lowest BCUT2D eigenvalue weighted by atomic mass is 10.0. The third-order valence-electron chi connectivity index (χ3n) is 2.17. The van der Waals surface area contributed by atoms with Crippen LogP contribution in [0.25, 0.3) is 10.9 Å². The molecule has 0 aliphatic heterocycles. The predicted molar refractivity (Wildman–Crippen MR) is 53.2 cm³/mol. The van der Waals surface area contributed by atoms with E-state index in [-0.39, 0.29) is 5.56 Å². The highest BCUT2D eigenvalue weighted by atomic mass is 19.1. The van der Waals surface area contributed by atoms with E-state index < -0.39 is 12.1 Å². The molecule has 76 valence electrons. The Morgan fingerprint density at radius 3 is 2.87 bits per heavy atom. The van der Waals surface area contributed by atoms with Gasteiger partial charge < -0.3 is 5.11 Å². The lowest BCUT2D eigenvalue weighted by Crippen LogP contribution is -2.06. The monoisotopic (exact) mass is 205 g/mol. The Hall–Kier alpha value is -1.97. The Morgan fingerprint density at radius 1 is 1.33 bits per heavy atom. The molecule has 0 amide bonds. The van der Waals surface area contributed by atoms with Gasteiger partial charge in [0.2, 0.25) is 6.17 Å². The smallest absolute Gasteiger partial charge is 0.343 e. The molecule has 4 heteroatoms. The first-order chi connectivity index (χ1) is 7.20. The highest BCUT2D eigenvalue weighted by Gasteiger charge is 2.20. The highest BCUT2D eigenvalue weighted by Crippen LogP contribution is 2.25. The summed E-state index contributed by atoms with van der Waals surface area (Å²) in [5.41, 5.74) is 0.743.